The van der Waals surface area contributed by atoms with Gasteiger partial charge in [-0.15, -0.1) is 0 Å². The van der Waals surface area contributed by atoms with Gasteiger partial charge in [0.1, 0.15) is 5.75 Å². The minimum atomic E-state index is -0.214. The van der Waals surface area contributed by atoms with Crippen LogP contribution in [0.2, 0.25) is 0 Å². The average molecular weight is 388 g/mol. The lowest BCUT2D eigenvalue weighted by Gasteiger charge is -2.27. The number of fused-ring (bicyclic) bond motifs is 1. The molecular formula is C23H37N3O2. The van der Waals surface area contributed by atoms with Crippen molar-refractivity contribution in [1.29, 1.82) is 0 Å². The molecule has 0 fully saturated rings. The van der Waals surface area contributed by atoms with E-state index in [9.17, 15) is 4.79 Å². The molecule has 5 heteroatoms. The van der Waals surface area contributed by atoms with Crippen molar-refractivity contribution in [3.63, 3.8) is 0 Å². The fourth-order valence-electron chi connectivity index (χ4n) is 2.91. The van der Waals surface area contributed by atoms with Crippen LogP contribution in [0.1, 0.15) is 59.9 Å². The molecule has 0 unspecified atom stereocenters. The van der Waals surface area contributed by atoms with E-state index in [1.165, 1.54) is 5.56 Å². The molecule has 5 nitrogen and oxygen atoms in total. The van der Waals surface area contributed by atoms with Gasteiger partial charge in [-0.1, -0.05) is 27.7 Å². The Balaban J connectivity index is 0.00000190. The molecule has 1 amide bonds. The molecule has 0 aliphatic carbocycles. The number of anilines is 1. The van der Waals surface area contributed by atoms with Gasteiger partial charge in [0, 0.05) is 35.7 Å². The zero-order valence-corrected chi connectivity index (χ0v) is 18.8. The van der Waals surface area contributed by atoms with Gasteiger partial charge in [0.25, 0.3) is 0 Å². The smallest absolute Gasteiger partial charge is 0.222 e. The fraction of sp³-hybridized carbons (Fsp3) is 0.565. The number of ether oxygens (including phenoxy) is 1. The van der Waals surface area contributed by atoms with Crippen LogP contribution in [0.5, 0.6) is 5.75 Å². The number of nitrogens with one attached hydrogen (secondary N) is 2. The van der Waals surface area contributed by atoms with Gasteiger partial charge >= 0.3 is 0 Å². The van der Waals surface area contributed by atoms with E-state index in [4.69, 9.17) is 4.74 Å². The van der Waals surface area contributed by atoms with Gasteiger partial charge in [0.05, 0.1) is 18.3 Å². The number of amides is 1. The second-order valence-electron chi connectivity index (χ2n) is 7.76. The first-order valence-corrected chi connectivity index (χ1v) is 10.2. The second kappa shape index (κ2) is 10.9. The first-order chi connectivity index (χ1) is 13.2. The number of carbonyl (C=O) groups excluding carboxylic acids is 1. The van der Waals surface area contributed by atoms with Gasteiger partial charge in [-0.3, -0.25) is 9.78 Å². The summed E-state index contributed by atoms with van der Waals surface area (Å²) < 4.78 is 5.43. The number of benzene rings is 1. The number of rotatable bonds is 8. The molecule has 0 bridgehead atoms. The molecule has 156 valence electrons. The van der Waals surface area contributed by atoms with Gasteiger partial charge in [0.15, 0.2) is 0 Å². The van der Waals surface area contributed by atoms with Crippen LogP contribution in [-0.4, -0.2) is 30.1 Å². The van der Waals surface area contributed by atoms with Crippen LogP contribution in [0.15, 0.2) is 24.4 Å². The molecule has 28 heavy (non-hydrogen) atoms. The van der Waals surface area contributed by atoms with Gasteiger partial charge in [-0.25, -0.2) is 0 Å². The highest BCUT2D eigenvalue weighted by Gasteiger charge is 2.21. The number of pyridine rings is 1. The van der Waals surface area contributed by atoms with Crippen molar-refractivity contribution in [2.75, 3.05) is 19.0 Å². The highest BCUT2D eigenvalue weighted by molar-refractivity contribution is 5.93. The van der Waals surface area contributed by atoms with E-state index >= 15 is 0 Å². The third kappa shape index (κ3) is 6.70. The topological polar surface area (TPSA) is 63.2 Å². The molecule has 2 rings (SSSR count). The third-order valence-electron chi connectivity index (χ3n) is 4.55. The summed E-state index contributed by atoms with van der Waals surface area (Å²) in [7, 11) is 1.68. The number of carbonyl (C=O) groups is 1. The van der Waals surface area contributed by atoms with Crippen molar-refractivity contribution in [3.8, 4) is 5.75 Å². The van der Waals surface area contributed by atoms with Crippen LogP contribution >= 0.6 is 0 Å². The number of hydrogen-bond donors (Lipinski definition) is 2. The maximum Gasteiger partial charge on any atom is 0.222 e. The van der Waals surface area contributed by atoms with Gasteiger partial charge in [0.2, 0.25) is 5.91 Å². The highest BCUT2D eigenvalue weighted by Crippen LogP contribution is 2.29. The Morgan fingerprint density at radius 3 is 2.54 bits per heavy atom. The Bertz CT molecular complexity index is 770. The van der Waals surface area contributed by atoms with Crippen LogP contribution in [0.4, 0.5) is 5.69 Å². The molecule has 0 aliphatic rings. The predicted octanol–water partition coefficient (Wildman–Crippen LogP) is 5.32. The summed E-state index contributed by atoms with van der Waals surface area (Å²) >= 11 is 0. The quantitative estimate of drug-likeness (QED) is 0.602. The lowest BCUT2D eigenvalue weighted by molar-refractivity contribution is -0.125. The molecule has 1 aromatic carbocycles. The average Bonchev–Trinajstić information content (AvgIpc) is 2.66. The Hall–Kier alpha value is -2.30. The second-order valence-corrected chi connectivity index (χ2v) is 7.76. The summed E-state index contributed by atoms with van der Waals surface area (Å²) in [5.74, 6) is 0.923. The van der Waals surface area contributed by atoms with Crippen LogP contribution < -0.4 is 15.4 Å². The number of methoxy groups -OCH3 is 1. The molecule has 1 heterocycles. The van der Waals surface area contributed by atoms with Gasteiger partial charge in [-0.2, -0.15) is 0 Å². The Kier molecular flexibility index (Phi) is 9.23. The SMILES string of the molecule is CC.COc1cc(NCCCC(C)(C)NC(=O)C(C)C)c2nccc(C)c2c1. The van der Waals surface area contributed by atoms with Crippen LogP contribution in [-0.2, 0) is 4.79 Å². The monoisotopic (exact) mass is 387 g/mol. The third-order valence-corrected chi connectivity index (χ3v) is 4.55. The summed E-state index contributed by atoms with van der Waals surface area (Å²) in [5, 5.41) is 7.69. The Labute approximate surface area is 170 Å². The van der Waals surface area contributed by atoms with E-state index in [0.29, 0.717) is 0 Å². The molecule has 0 spiro atoms. The lowest BCUT2D eigenvalue weighted by Crippen LogP contribution is -2.45. The van der Waals surface area contributed by atoms with Crippen molar-refractivity contribution in [1.82, 2.24) is 10.3 Å². The van der Waals surface area contributed by atoms with Gasteiger partial charge in [-0.05, 0) is 51.3 Å². The molecule has 0 aliphatic heterocycles. The molecule has 0 saturated carbocycles. The number of aryl methyl sites for hydroxylation is 1. The molecule has 2 aromatic rings. The zero-order chi connectivity index (χ0) is 21.3. The summed E-state index contributed by atoms with van der Waals surface area (Å²) in [4.78, 5) is 16.4. The fourth-order valence-corrected chi connectivity index (χ4v) is 2.91. The van der Waals surface area contributed by atoms with Crippen molar-refractivity contribution < 1.29 is 9.53 Å². The van der Waals surface area contributed by atoms with E-state index in [1.54, 1.807) is 7.11 Å². The van der Waals surface area contributed by atoms with E-state index in [1.807, 2.05) is 52.1 Å². The minimum absolute atomic E-state index is 0.00450. The Morgan fingerprint density at radius 2 is 1.93 bits per heavy atom. The minimum Gasteiger partial charge on any atom is -0.497 e. The normalized spacial score (nSPS) is 11.0. The maximum absolute atomic E-state index is 11.9. The van der Waals surface area contributed by atoms with Crippen molar-refractivity contribution in [2.45, 2.75) is 66.8 Å². The number of aromatic nitrogens is 1. The molecule has 0 atom stereocenters. The van der Waals surface area contributed by atoms with E-state index < -0.39 is 0 Å². The van der Waals surface area contributed by atoms with E-state index in [-0.39, 0.29) is 17.4 Å². The van der Waals surface area contributed by atoms with Gasteiger partial charge < -0.3 is 15.4 Å². The maximum atomic E-state index is 11.9. The van der Waals surface area contributed by atoms with Crippen LogP contribution in [0.3, 0.4) is 0 Å². The van der Waals surface area contributed by atoms with Crippen molar-refractivity contribution in [2.24, 2.45) is 5.92 Å². The van der Waals surface area contributed by atoms with Crippen molar-refractivity contribution in [3.05, 3.63) is 30.0 Å². The number of nitrogens with zero attached hydrogens (tertiary/aromatic N) is 1. The summed E-state index contributed by atoms with van der Waals surface area (Å²) in [6.45, 7) is 14.8. The standard InChI is InChI=1S/C21H31N3O2.C2H6/c1-14(2)20(25)24-21(4,5)9-7-10-22-18-13-16(26-6)12-17-15(3)8-11-23-19(17)18;1-2/h8,11-14,22H,7,9-10H2,1-6H3,(H,24,25);1-2H3. The van der Waals surface area contributed by atoms with E-state index in [0.717, 1.165) is 41.7 Å². The molecule has 2 N–H and O–H groups in total. The zero-order valence-electron chi connectivity index (χ0n) is 18.8. The molecule has 1 aromatic heterocycles. The number of hydrogen-bond acceptors (Lipinski definition) is 4. The summed E-state index contributed by atoms with van der Waals surface area (Å²) in [6, 6.07) is 6.01. The van der Waals surface area contributed by atoms with E-state index in [2.05, 4.69) is 36.4 Å². The van der Waals surface area contributed by atoms with Crippen LogP contribution in [0, 0.1) is 12.8 Å². The van der Waals surface area contributed by atoms with Crippen molar-refractivity contribution >= 4 is 22.5 Å². The molecule has 0 radical (unpaired) electrons. The summed E-state index contributed by atoms with van der Waals surface area (Å²) in [5.41, 5.74) is 2.90. The largest absolute Gasteiger partial charge is 0.497 e. The lowest BCUT2D eigenvalue weighted by atomic mass is 9.97. The Morgan fingerprint density at radius 1 is 1.25 bits per heavy atom. The molecule has 0 saturated heterocycles. The first-order valence-electron chi connectivity index (χ1n) is 10.2. The summed E-state index contributed by atoms with van der Waals surface area (Å²) in [6.07, 6.45) is 3.67. The predicted molar refractivity (Wildman–Crippen MR) is 119 cm³/mol. The molecular weight excluding hydrogens is 350 g/mol. The van der Waals surface area contributed by atoms with Crippen LogP contribution in [0.25, 0.3) is 10.9 Å². The first kappa shape index (κ1) is 23.7. The highest BCUT2D eigenvalue weighted by atomic mass is 16.5.